The van der Waals surface area contributed by atoms with E-state index in [1.807, 2.05) is 0 Å². The summed E-state index contributed by atoms with van der Waals surface area (Å²) in [6.07, 6.45) is -4.70. The van der Waals surface area contributed by atoms with E-state index >= 15 is 0 Å². The fourth-order valence-electron chi connectivity index (χ4n) is 2.24. The number of rotatable bonds is 6. The molecular weight excluding hydrogens is 369 g/mol. The number of hydrogen-bond donors (Lipinski definition) is 2. The molecule has 0 aliphatic rings. The van der Waals surface area contributed by atoms with E-state index in [1.54, 1.807) is 0 Å². The summed E-state index contributed by atoms with van der Waals surface area (Å²) in [6.45, 7) is 0. The zero-order valence-corrected chi connectivity index (χ0v) is 13.6. The van der Waals surface area contributed by atoms with Gasteiger partial charge < -0.3 is 10.4 Å². The Morgan fingerprint density at radius 3 is 2.07 bits per heavy atom. The maximum atomic E-state index is 12.5. The first-order valence-electron chi connectivity index (χ1n) is 7.52. The van der Waals surface area contributed by atoms with Crippen molar-refractivity contribution < 1.29 is 32.8 Å². The highest BCUT2D eigenvalue weighted by Crippen LogP contribution is 2.29. The van der Waals surface area contributed by atoms with Crippen molar-refractivity contribution in [2.75, 3.05) is 0 Å². The quantitative estimate of drug-likeness (QED) is 0.590. The average molecular weight is 382 g/mol. The summed E-state index contributed by atoms with van der Waals surface area (Å²) < 4.78 is 37.6. The molecule has 2 aromatic rings. The molecule has 1 amide bonds. The van der Waals surface area contributed by atoms with Crippen LogP contribution in [0.25, 0.3) is 0 Å². The van der Waals surface area contributed by atoms with E-state index in [-0.39, 0.29) is 17.7 Å². The summed E-state index contributed by atoms with van der Waals surface area (Å²) >= 11 is 0. The van der Waals surface area contributed by atoms with E-state index in [9.17, 15) is 38.0 Å². The summed E-state index contributed by atoms with van der Waals surface area (Å²) in [5.41, 5.74) is -0.794. The number of alkyl halides is 3. The molecule has 2 N–H and O–H groups in total. The van der Waals surface area contributed by atoms with Crippen LogP contribution in [0.15, 0.2) is 48.5 Å². The van der Waals surface area contributed by atoms with Crippen LogP contribution in [0.1, 0.15) is 21.5 Å². The minimum atomic E-state index is -4.55. The molecule has 0 aliphatic carbocycles. The van der Waals surface area contributed by atoms with Crippen molar-refractivity contribution in [3.63, 3.8) is 0 Å². The van der Waals surface area contributed by atoms with Crippen LogP contribution in [0.4, 0.5) is 18.9 Å². The first kappa shape index (κ1) is 19.9. The number of halogens is 3. The van der Waals surface area contributed by atoms with Crippen LogP contribution in [0, 0.1) is 10.1 Å². The third-order valence-corrected chi connectivity index (χ3v) is 3.66. The normalized spacial score (nSPS) is 12.3. The number of non-ortho nitro benzene ring substituents is 1. The smallest absolute Gasteiger partial charge is 0.416 e. The number of aliphatic carboxylic acids is 1. The van der Waals surface area contributed by atoms with Crippen LogP contribution in [-0.4, -0.2) is 27.9 Å². The number of carbonyl (C=O) groups is 2. The van der Waals surface area contributed by atoms with Gasteiger partial charge in [-0.2, -0.15) is 13.2 Å². The molecule has 27 heavy (non-hydrogen) atoms. The molecule has 0 aromatic heterocycles. The molecule has 0 saturated carbocycles. The van der Waals surface area contributed by atoms with Gasteiger partial charge in [-0.05, 0) is 29.8 Å². The second-order valence-electron chi connectivity index (χ2n) is 5.57. The number of amides is 1. The topological polar surface area (TPSA) is 110 Å². The number of benzene rings is 2. The Labute approximate surface area is 150 Å². The van der Waals surface area contributed by atoms with E-state index in [1.165, 1.54) is 24.3 Å². The molecule has 0 heterocycles. The standard InChI is InChI=1S/C17H13F3N2O5/c18-17(19,20)12-5-3-11(4-6-12)15(23)21-14(16(24)25)9-10-1-7-13(8-2-10)22(26)27/h1-8,14H,9H2,(H,21,23)(H,24,25)/t14-/m0/s1. The Kier molecular flexibility index (Phi) is 5.78. The lowest BCUT2D eigenvalue weighted by Gasteiger charge is -2.15. The second-order valence-corrected chi connectivity index (χ2v) is 5.57. The molecule has 0 fully saturated rings. The molecule has 0 bridgehead atoms. The van der Waals surface area contributed by atoms with Crippen LogP contribution in [0.5, 0.6) is 0 Å². The molecular formula is C17H13F3N2O5. The molecule has 10 heteroatoms. The fourth-order valence-corrected chi connectivity index (χ4v) is 2.24. The first-order valence-corrected chi connectivity index (χ1v) is 7.52. The average Bonchev–Trinajstić information content (AvgIpc) is 2.60. The summed E-state index contributed by atoms with van der Waals surface area (Å²) in [7, 11) is 0. The van der Waals surface area contributed by atoms with Crippen molar-refractivity contribution in [1.29, 1.82) is 0 Å². The number of carboxylic acids is 1. The molecule has 0 spiro atoms. The van der Waals surface area contributed by atoms with Gasteiger partial charge >= 0.3 is 12.1 Å². The third-order valence-electron chi connectivity index (χ3n) is 3.66. The van der Waals surface area contributed by atoms with E-state index in [0.717, 1.165) is 24.3 Å². The van der Waals surface area contributed by atoms with Crippen LogP contribution >= 0.6 is 0 Å². The van der Waals surface area contributed by atoms with Crippen LogP contribution < -0.4 is 5.32 Å². The monoisotopic (exact) mass is 382 g/mol. The van der Waals surface area contributed by atoms with E-state index in [0.29, 0.717) is 5.56 Å². The lowest BCUT2D eigenvalue weighted by molar-refractivity contribution is -0.384. The van der Waals surface area contributed by atoms with E-state index < -0.39 is 34.6 Å². The highest BCUT2D eigenvalue weighted by Gasteiger charge is 2.30. The third kappa shape index (κ3) is 5.27. The molecule has 0 aliphatic heterocycles. The van der Waals surface area contributed by atoms with Gasteiger partial charge in [0.15, 0.2) is 0 Å². The fraction of sp³-hybridized carbons (Fsp3) is 0.176. The molecule has 0 saturated heterocycles. The van der Waals surface area contributed by atoms with Gasteiger partial charge in [0.1, 0.15) is 6.04 Å². The maximum absolute atomic E-state index is 12.5. The van der Waals surface area contributed by atoms with Gasteiger partial charge in [-0.25, -0.2) is 4.79 Å². The van der Waals surface area contributed by atoms with E-state index in [4.69, 9.17) is 0 Å². The number of carboxylic acid groups (broad SMARTS) is 1. The SMILES string of the molecule is O=C(N[C@@H](Cc1ccc([N+](=O)[O-])cc1)C(=O)O)c1ccc(C(F)(F)F)cc1. The molecule has 0 unspecified atom stereocenters. The lowest BCUT2D eigenvalue weighted by atomic mass is 10.0. The van der Waals surface area contributed by atoms with Gasteiger partial charge in [0.2, 0.25) is 0 Å². The number of nitro benzene ring substituents is 1. The number of nitro groups is 1. The number of carbonyl (C=O) groups excluding carboxylic acids is 1. The highest BCUT2D eigenvalue weighted by molar-refractivity contribution is 5.96. The predicted molar refractivity (Wildman–Crippen MR) is 87.1 cm³/mol. The maximum Gasteiger partial charge on any atom is 0.416 e. The van der Waals surface area contributed by atoms with Gasteiger partial charge in [0, 0.05) is 24.1 Å². The van der Waals surface area contributed by atoms with Crippen molar-refractivity contribution in [3.05, 3.63) is 75.3 Å². The van der Waals surface area contributed by atoms with Gasteiger partial charge in [-0.3, -0.25) is 14.9 Å². The summed E-state index contributed by atoms with van der Waals surface area (Å²) in [6, 6.07) is 7.10. The Bertz CT molecular complexity index is 848. The van der Waals surface area contributed by atoms with Crippen LogP contribution in [0.3, 0.4) is 0 Å². The Morgan fingerprint density at radius 2 is 1.63 bits per heavy atom. The summed E-state index contributed by atoms with van der Waals surface area (Å²) in [5.74, 6) is -2.20. The van der Waals surface area contributed by atoms with Gasteiger partial charge in [-0.1, -0.05) is 12.1 Å². The Hall–Kier alpha value is -3.43. The molecule has 0 radical (unpaired) electrons. The van der Waals surface area contributed by atoms with E-state index in [2.05, 4.69) is 5.32 Å². The second kappa shape index (κ2) is 7.85. The number of nitrogens with zero attached hydrogens (tertiary/aromatic N) is 1. The van der Waals surface area contributed by atoms with Crippen molar-refractivity contribution in [1.82, 2.24) is 5.32 Å². The first-order chi connectivity index (χ1) is 12.6. The van der Waals surface area contributed by atoms with Crippen LogP contribution in [0.2, 0.25) is 0 Å². The minimum Gasteiger partial charge on any atom is -0.480 e. The number of hydrogen-bond acceptors (Lipinski definition) is 4. The predicted octanol–water partition coefficient (Wildman–Crippen LogP) is 3.04. The van der Waals surface area contributed by atoms with Gasteiger partial charge in [-0.15, -0.1) is 0 Å². The highest BCUT2D eigenvalue weighted by atomic mass is 19.4. The molecule has 2 rings (SSSR count). The molecule has 1 atom stereocenters. The zero-order valence-electron chi connectivity index (χ0n) is 13.6. The van der Waals surface area contributed by atoms with Crippen molar-refractivity contribution in [2.45, 2.75) is 18.6 Å². The summed E-state index contributed by atoms with van der Waals surface area (Å²) in [5, 5.41) is 22.1. The molecule has 7 nitrogen and oxygen atoms in total. The van der Waals surface area contributed by atoms with Crippen molar-refractivity contribution in [3.8, 4) is 0 Å². The van der Waals surface area contributed by atoms with Gasteiger partial charge in [0.05, 0.1) is 10.5 Å². The largest absolute Gasteiger partial charge is 0.480 e. The van der Waals surface area contributed by atoms with Gasteiger partial charge in [0.25, 0.3) is 11.6 Å². The number of nitrogens with one attached hydrogen (secondary N) is 1. The minimum absolute atomic E-state index is 0.127. The molecule has 2 aromatic carbocycles. The van der Waals surface area contributed by atoms with Crippen molar-refractivity contribution in [2.24, 2.45) is 0 Å². The summed E-state index contributed by atoms with van der Waals surface area (Å²) in [4.78, 5) is 33.5. The van der Waals surface area contributed by atoms with Crippen LogP contribution in [-0.2, 0) is 17.4 Å². The lowest BCUT2D eigenvalue weighted by Crippen LogP contribution is -2.42. The molecule has 142 valence electrons. The zero-order chi connectivity index (χ0) is 20.2. The Balaban J connectivity index is 2.10. The Morgan fingerprint density at radius 1 is 1.07 bits per heavy atom. The van der Waals surface area contributed by atoms with Crippen molar-refractivity contribution >= 4 is 17.6 Å².